The maximum absolute atomic E-state index is 12.2. The molecule has 2 N–H and O–H groups in total. The molecular formula is C20H34ClN3O2. The van der Waals surface area contributed by atoms with E-state index in [1.807, 2.05) is 31.3 Å². The standard InChI is InChI=1S/C20H33N3O2.ClH/c1-3-14-25-19-6-4-18(5-7-19)15-22-20(24)16-23-12-9-17(10-13-23)8-11-21-2;/h4-7,17,21H,3,8-16H2,1-2H3,(H,22,24);1H. The van der Waals surface area contributed by atoms with Crippen LogP contribution in [0.3, 0.4) is 0 Å². The number of carbonyl (C=O) groups excluding carboxylic acids is 1. The number of nitrogens with zero attached hydrogens (tertiary/aromatic N) is 1. The van der Waals surface area contributed by atoms with Crippen LogP contribution in [0.2, 0.25) is 0 Å². The molecular weight excluding hydrogens is 350 g/mol. The summed E-state index contributed by atoms with van der Waals surface area (Å²) in [6, 6.07) is 7.96. The smallest absolute Gasteiger partial charge is 0.234 e. The van der Waals surface area contributed by atoms with Crippen LogP contribution in [0.1, 0.15) is 38.2 Å². The molecule has 0 saturated carbocycles. The number of halogens is 1. The molecule has 0 aromatic heterocycles. The Morgan fingerprint density at radius 1 is 1.23 bits per heavy atom. The van der Waals surface area contributed by atoms with Crippen molar-refractivity contribution in [3.05, 3.63) is 29.8 Å². The molecule has 148 valence electrons. The van der Waals surface area contributed by atoms with Gasteiger partial charge in [-0.2, -0.15) is 0 Å². The highest BCUT2D eigenvalue weighted by atomic mass is 35.5. The first kappa shape index (κ1) is 22.7. The molecule has 0 aliphatic carbocycles. The van der Waals surface area contributed by atoms with Gasteiger partial charge in [-0.3, -0.25) is 9.69 Å². The largest absolute Gasteiger partial charge is 0.494 e. The first-order valence-corrected chi connectivity index (χ1v) is 9.56. The molecule has 1 aliphatic rings. The van der Waals surface area contributed by atoms with Gasteiger partial charge < -0.3 is 15.4 Å². The second kappa shape index (κ2) is 13.0. The van der Waals surface area contributed by atoms with Crippen molar-refractivity contribution in [2.75, 3.05) is 39.8 Å². The summed E-state index contributed by atoms with van der Waals surface area (Å²) in [7, 11) is 2.01. The molecule has 0 atom stereocenters. The molecule has 1 saturated heterocycles. The van der Waals surface area contributed by atoms with E-state index in [0.29, 0.717) is 13.1 Å². The molecule has 26 heavy (non-hydrogen) atoms. The third kappa shape index (κ3) is 8.39. The summed E-state index contributed by atoms with van der Waals surface area (Å²) in [6.07, 6.45) is 4.65. The van der Waals surface area contributed by atoms with Crippen molar-refractivity contribution in [3.63, 3.8) is 0 Å². The SMILES string of the molecule is CCCOc1ccc(CNC(=O)CN2CCC(CCNC)CC2)cc1.Cl. The number of amides is 1. The Balaban J connectivity index is 0.00000338. The molecule has 1 heterocycles. The van der Waals surface area contributed by atoms with Crippen molar-refractivity contribution in [2.45, 2.75) is 39.2 Å². The summed E-state index contributed by atoms with van der Waals surface area (Å²) in [6.45, 7) is 7.07. The Morgan fingerprint density at radius 2 is 1.92 bits per heavy atom. The van der Waals surface area contributed by atoms with Gasteiger partial charge in [-0.05, 0) is 76.0 Å². The summed E-state index contributed by atoms with van der Waals surface area (Å²) in [5, 5.41) is 6.24. The van der Waals surface area contributed by atoms with E-state index >= 15 is 0 Å². The van der Waals surface area contributed by atoms with Gasteiger partial charge in [-0.1, -0.05) is 19.1 Å². The molecule has 1 aromatic carbocycles. The van der Waals surface area contributed by atoms with Crippen LogP contribution in [0.4, 0.5) is 0 Å². The summed E-state index contributed by atoms with van der Waals surface area (Å²) >= 11 is 0. The Kier molecular flexibility index (Phi) is 11.3. The van der Waals surface area contributed by atoms with Gasteiger partial charge in [-0.25, -0.2) is 0 Å². The predicted molar refractivity (Wildman–Crippen MR) is 109 cm³/mol. The summed E-state index contributed by atoms with van der Waals surface area (Å²) in [5.74, 6) is 1.80. The van der Waals surface area contributed by atoms with E-state index < -0.39 is 0 Å². The van der Waals surface area contributed by atoms with Crippen LogP contribution in [0, 0.1) is 5.92 Å². The van der Waals surface area contributed by atoms with Gasteiger partial charge in [-0.15, -0.1) is 12.4 Å². The lowest BCUT2D eigenvalue weighted by Gasteiger charge is -2.31. The lowest BCUT2D eigenvalue weighted by atomic mass is 9.93. The number of hydrogen-bond acceptors (Lipinski definition) is 4. The Labute approximate surface area is 164 Å². The van der Waals surface area contributed by atoms with Crippen molar-refractivity contribution in [1.29, 1.82) is 0 Å². The average Bonchev–Trinajstić information content (AvgIpc) is 2.65. The molecule has 0 spiro atoms. The number of hydrogen-bond donors (Lipinski definition) is 2. The van der Waals surface area contributed by atoms with Gasteiger partial charge in [0.2, 0.25) is 5.91 Å². The molecule has 2 rings (SSSR count). The molecule has 0 unspecified atom stereocenters. The van der Waals surface area contributed by atoms with Crippen LogP contribution >= 0.6 is 12.4 Å². The average molecular weight is 384 g/mol. The van der Waals surface area contributed by atoms with Crippen LogP contribution < -0.4 is 15.4 Å². The molecule has 1 aromatic rings. The fraction of sp³-hybridized carbons (Fsp3) is 0.650. The number of rotatable bonds is 10. The molecule has 1 fully saturated rings. The summed E-state index contributed by atoms with van der Waals surface area (Å²) in [4.78, 5) is 14.4. The number of carbonyl (C=O) groups is 1. The minimum Gasteiger partial charge on any atom is -0.494 e. The van der Waals surface area contributed by atoms with E-state index in [1.165, 1.54) is 19.3 Å². The van der Waals surface area contributed by atoms with Crippen molar-refractivity contribution in [2.24, 2.45) is 5.92 Å². The monoisotopic (exact) mass is 383 g/mol. The maximum atomic E-state index is 12.2. The van der Waals surface area contributed by atoms with Gasteiger partial charge in [0.25, 0.3) is 0 Å². The van der Waals surface area contributed by atoms with Gasteiger partial charge >= 0.3 is 0 Å². The van der Waals surface area contributed by atoms with Gasteiger partial charge in [0.1, 0.15) is 5.75 Å². The van der Waals surface area contributed by atoms with Crippen LogP contribution in [0.25, 0.3) is 0 Å². The molecule has 5 nitrogen and oxygen atoms in total. The second-order valence-corrected chi connectivity index (χ2v) is 6.88. The zero-order valence-corrected chi connectivity index (χ0v) is 16.9. The quantitative estimate of drug-likeness (QED) is 0.652. The fourth-order valence-corrected chi connectivity index (χ4v) is 3.16. The Hall–Kier alpha value is -1.30. The normalized spacial score (nSPS) is 15.3. The molecule has 1 amide bonds. The van der Waals surface area contributed by atoms with Crippen LogP contribution in [-0.4, -0.2) is 50.6 Å². The number of nitrogens with one attached hydrogen (secondary N) is 2. The van der Waals surface area contributed by atoms with Gasteiger partial charge in [0.15, 0.2) is 0 Å². The second-order valence-electron chi connectivity index (χ2n) is 6.88. The highest BCUT2D eigenvalue weighted by Gasteiger charge is 2.20. The third-order valence-corrected chi connectivity index (χ3v) is 4.76. The topological polar surface area (TPSA) is 53.6 Å². The molecule has 0 radical (unpaired) electrons. The molecule has 1 aliphatic heterocycles. The van der Waals surface area contributed by atoms with Gasteiger partial charge in [0, 0.05) is 6.54 Å². The summed E-state index contributed by atoms with van der Waals surface area (Å²) < 4.78 is 5.57. The highest BCUT2D eigenvalue weighted by molar-refractivity contribution is 5.85. The first-order chi connectivity index (χ1) is 12.2. The lowest BCUT2D eigenvalue weighted by Crippen LogP contribution is -2.41. The maximum Gasteiger partial charge on any atom is 0.234 e. The lowest BCUT2D eigenvalue weighted by molar-refractivity contribution is -0.122. The number of benzene rings is 1. The van der Waals surface area contributed by atoms with Crippen molar-refractivity contribution < 1.29 is 9.53 Å². The zero-order valence-electron chi connectivity index (χ0n) is 16.1. The Morgan fingerprint density at radius 3 is 2.54 bits per heavy atom. The van der Waals surface area contributed by atoms with Crippen LogP contribution in [-0.2, 0) is 11.3 Å². The van der Waals surface area contributed by atoms with Crippen LogP contribution in [0.5, 0.6) is 5.75 Å². The fourth-order valence-electron chi connectivity index (χ4n) is 3.16. The van der Waals surface area contributed by atoms with E-state index in [4.69, 9.17) is 4.74 Å². The summed E-state index contributed by atoms with van der Waals surface area (Å²) in [5.41, 5.74) is 1.10. The third-order valence-electron chi connectivity index (χ3n) is 4.76. The number of likely N-dealkylation sites (tertiary alicyclic amines) is 1. The van der Waals surface area contributed by atoms with E-state index in [9.17, 15) is 4.79 Å². The minimum atomic E-state index is 0. The zero-order chi connectivity index (χ0) is 17.9. The van der Waals surface area contributed by atoms with E-state index in [2.05, 4.69) is 22.5 Å². The number of ether oxygens (including phenoxy) is 1. The van der Waals surface area contributed by atoms with Crippen LogP contribution in [0.15, 0.2) is 24.3 Å². The van der Waals surface area contributed by atoms with E-state index in [1.54, 1.807) is 0 Å². The molecule has 0 bridgehead atoms. The van der Waals surface area contributed by atoms with E-state index in [0.717, 1.165) is 49.9 Å². The molecule has 6 heteroatoms. The van der Waals surface area contributed by atoms with Crippen molar-refractivity contribution in [3.8, 4) is 5.75 Å². The Bertz CT molecular complexity index is 502. The van der Waals surface area contributed by atoms with Crippen molar-refractivity contribution >= 4 is 18.3 Å². The predicted octanol–water partition coefficient (Wildman–Crippen LogP) is 2.83. The van der Waals surface area contributed by atoms with E-state index in [-0.39, 0.29) is 18.3 Å². The van der Waals surface area contributed by atoms with Gasteiger partial charge in [0.05, 0.1) is 13.2 Å². The first-order valence-electron chi connectivity index (χ1n) is 9.56. The highest BCUT2D eigenvalue weighted by Crippen LogP contribution is 2.19. The van der Waals surface area contributed by atoms with Crippen molar-refractivity contribution in [1.82, 2.24) is 15.5 Å². The number of piperidine rings is 1. The minimum absolute atomic E-state index is 0.